The number of benzene rings is 1. The Bertz CT molecular complexity index is 388. The second-order valence-corrected chi connectivity index (χ2v) is 3.54. The van der Waals surface area contributed by atoms with Crippen LogP contribution in [0.4, 0.5) is 5.69 Å². The first-order valence-corrected chi connectivity index (χ1v) is 5.26. The molecule has 86 valence electrons. The molecule has 0 aliphatic rings. The second kappa shape index (κ2) is 5.90. The molecule has 0 spiro atoms. The van der Waals surface area contributed by atoms with Crippen molar-refractivity contribution < 1.29 is 14.7 Å². The Morgan fingerprint density at radius 2 is 2.12 bits per heavy atom. The Morgan fingerprint density at radius 1 is 1.38 bits per heavy atom. The molecule has 1 aromatic rings. The summed E-state index contributed by atoms with van der Waals surface area (Å²) in [5.74, 6) is -1.07. The summed E-state index contributed by atoms with van der Waals surface area (Å²) in [6.07, 6.45) is 2.26. The number of carboxylic acids is 1. The van der Waals surface area contributed by atoms with Crippen molar-refractivity contribution in [3.05, 3.63) is 29.8 Å². The van der Waals surface area contributed by atoms with E-state index >= 15 is 0 Å². The third kappa shape index (κ3) is 3.73. The number of amides is 1. The zero-order valence-electron chi connectivity index (χ0n) is 9.19. The van der Waals surface area contributed by atoms with Gasteiger partial charge >= 0.3 is 5.97 Å². The van der Waals surface area contributed by atoms with Gasteiger partial charge in [0.1, 0.15) is 0 Å². The Labute approximate surface area is 94.3 Å². The van der Waals surface area contributed by atoms with E-state index in [4.69, 9.17) is 5.11 Å². The van der Waals surface area contributed by atoms with Crippen LogP contribution >= 0.6 is 0 Å². The molecule has 0 heterocycles. The van der Waals surface area contributed by atoms with Crippen LogP contribution in [0.1, 0.15) is 36.5 Å². The van der Waals surface area contributed by atoms with Gasteiger partial charge in [-0.1, -0.05) is 19.4 Å². The standard InChI is InChI=1S/C12H15NO3/c1-2-3-7-11(14)13-10-6-4-5-9(8-10)12(15)16/h4-6,8H,2-3,7H2,1H3,(H,13,14)(H,15,16). The molecule has 1 aromatic carbocycles. The first-order valence-electron chi connectivity index (χ1n) is 5.26. The molecule has 0 saturated carbocycles. The van der Waals surface area contributed by atoms with E-state index in [0.717, 1.165) is 12.8 Å². The van der Waals surface area contributed by atoms with Gasteiger partial charge in [-0.2, -0.15) is 0 Å². The maximum atomic E-state index is 11.4. The minimum atomic E-state index is -0.996. The molecule has 0 fully saturated rings. The molecule has 16 heavy (non-hydrogen) atoms. The molecule has 4 nitrogen and oxygen atoms in total. The number of hydrogen-bond donors (Lipinski definition) is 2. The third-order valence-electron chi connectivity index (χ3n) is 2.15. The number of carbonyl (C=O) groups excluding carboxylic acids is 1. The molecule has 0 atom stereocenters. The fraction of sp³-hybridized carbons (Fsp3) is 0.333. The van der Waals surface area contributed by atoms with Gasteiger partial charge < -0.3 is 10.4 Å². The van der Waals surface area contributed by atoms with Crippen molar-refractivity contribution in [2.45, 2.75) is 26.2 Å². The number of carboxylic acid groups (broad SMARTS) is 1. The van der Waals surface area contributed by atoms with Crippen LogP contribution in [0, 0.1) is 0 Å². The number of rotatable bonds is 5. The minimum absolute atomic E-state index is 0.0793. The van der Waals surface area contributed by atoms with Crippen LogP contribution in [-0.2, 0) is 4.79 Å². The van der Waals surface area contributed by atoms with Gasteiger partial charge in [-0.05, 0) is 24.6 Å². The lowest BCUT2D eigenvalue weighted by atomic mass is 10.2. The van der Waals surface area contributed by atoms with Crippen LogP contribution in [0.3, 0.4) is 0 Å². The first kappa shape index (κ1) is 12.2. The van der Waals surface area contributed by atoms with Crippen LogP contribution in [0.25, 0.3) is 0 Å². The van der Waals surface area contributed by atoms with Gasteiger partial charge in [-0.15, -0.1) is 0 Å². The lowest BCUT2D eigenvalue weighted by Crippen LogP contribution is -2.11. The molecule has 0 unspecified atom stereocenters. The third-order valence-corrected chi connectivity index (χ3v) is 2.15. The molecule has 0 radical (unpaired) electrons. The van der Waals surface area contributed by atoms with Crippen molar-refractivity contribution in [3.63, 3.8) is 0 Å². The van der Waals surface area contributed by atoms with E-state index < -0.39 is 5.97 Å². The van der Waals surface area contributed by atoms with Gasteiger partial charge in [0.25, 0.3) is 0 Å². The quantitative estimate of drug-likeness (QED) is 0.802. The van der Waals surface area contributed by atoms with Crippen LogP contribution in [0.15, 0.2) is 24.3 Å². The van der Waals surface area contributed by atoms with E-state index in [-0.39, 0.29) is 11.5 Å². The average molecular weight is 221 g/mol. The predicted molar refractivity (Wildman–Crippen MR) is 61.6 cm³/mol. The summed E-state index contributed by atoms with van der Waals surface area (Å²) in [5, 5.41) is 11.4. The van der Waals surface area contributed by atoms with Crippen molar-refractivity contribution in [2.24, 2.45) is 0 Å². The van der Waals surface area contributed by atoms with Gasteiger partial charge in [-0.25, -0.2) is 4.79 Å². The molecule has 2 N–H and O–H groups in total. The summed E-state index contributed by atoms with van der Waals surface area (Å²) in [6.45, 7) is 2.01. The Morgan fingerprint density at radius 3 is 2.75 bits per heavy atom. The first-order chi connectivity index (χ1) is 7.63. The van der Waals surface area contributed by atoms with Crippen molar-refractivity contribution in [1.82, 2.24) is 0 Å². The van der Waals surface area contributed by atoms with Gasteiger partial charge in [0.2, 0.25) is 5.91 Å². The van der Waals surface area contributed by atoms with Crippen molar-refractivity contribution in [2.75, 3.05) is 5.32 Å². The summed E-state index contributed by atoms with van der Waals surface area (Å²) < 4.78 is 0. The molecular weight excluding hydrogens is 206 g/mol. The summed E-state index contributed by atoms with van der Waals surface area (Å²) in [4.78, 5) is 22.1. The number of hydrogen-bond acceptors (Lipinski definition) is 2. The maximum absolute atomic E-state index is 11.4. The molecule has 0 bridgehead atoms. The van der Waals surface area contributed by atoms with E-state index in [2.05, 4.69) is 5.32 Å². The van der Waals surface area contributed by atoms with Crippen LogP contribution in [0.2, 0.25) is 0 Å². The highest BCUT2D eigenvalue weighted by atomic mass is 16.4. The number of anilines is 1. The Hall–Kier alpha value is -1.84. The van der Waals surface area contributed by atoms with Gasteiger partial charge in [0.05, 0.1) is 5.56 Å². The number of aromatic carboxylic acids is 1. The van der Waals surface area contributed by atoms with E-state index in [1.807, 2.05) is 6.92 Å². The highest BCUT2D eigenvalue weighted by molar-refractivity contribution is 5.93. The summed E-state index contributed by atoms with van der Waals surface area (Å²) >= 11 is 0. The van der Waals surface area contributed by atoms with Gasteiger partial charge in [-0.3, -0.25) is 4.79 Å². The lowest BCUT2D eigenvalue weighted by Gasteiger charge is -2.05. The Kier molecular flexibility index (Phi) is 4.51. The molecule has 4 heteroatoms. The SMILES string of the molecule is CCCCC(=O)Nc1cccc(C(=O)O)c1. The molecule has 0 aliphatic carbocycles. The van der Waals surface area contributed by atoms with E-state index in [9.17, 15) is 9.59 Å². The van der Waals surface area contributed by atoms with E-state index in [0.29, 0.717) is 12.1 Å². The molecule has 0 aliphatic heterocycles. The maximum Gasteiger partial charge on any atom is 0.335 e. The average Bonchev–Trinajstić information content (AvgIpc) is 2.26. The lowest BCUT2D eigenvalue weighted by molar-refractivity contribution is -0.116. The highest BCUT2D eigenvalue weighted by Gasteiger charge is 2.05. The largest absolute Gasteiger partial charge is 0.478 e. The van der Waals surface area contributed by atoms with Crippen LogP contribution in [-0.4, -0.2) is 17.0 Å². The molecule has 1 amide bonds. The zero-order valence-corrected chi connectivity index (χ0v) is 9.19. The number of carbonyl (C=O) groups is 2. The molecular formula is C12H15NO3. The van der Waals surface area contributed by atoms with E-state index in [1.165, 1.54) is 12.1 Å². The van der Waals surface area contributed by atoms with Crippen molar-refractivity contribution in [3.8, 4) is 0 Å². The second-order valence-electron chi connectivity index (χ2n) is 3.54. The van der Waals surface area contributed by atoms with Gasteiger partial charge in [0, 0.05) is 12.1 Å². The minimum Gasteiger partial charge on any atom is -0.478 e. The predicted octanol–water partition coefficient (Wildman–Crippen LogP) is 2.51. The van der Waals surface area contributed by atoms with Crippen molar-refractivity contribution in [1.29, 1.82) is 0 Å². The fourth-order valence-corrected chi connectivity index (χ4v) is 1.29. The summed E-state index contributed by atoms with van der Waals surface area (Å²) in [7, 11) is 0. The Balaban J connectivity index is 2.63. The normalized spacial score (nSPS) is 9.81. The van der Waals surface area contributed by atoms with E-state index in [1.54, 1.807) is 12.1 Å². The number of unbranched alkanes of at least 4 members (excludes halogenated alkanes) is 1. The smallest absolute Gasteiger partial charge is 0.335 e. The molecule has 1 rings (SSSR count). The van der Waals surface area contributed by atoms with Gasteiger partial charge in [0.15, 0.2) is 0 Å². The fourth-order valence-electron chi connectivity index (χ4n) is 1.29. The monoisotopic (exact) mass is 221 g/mol. The summed E-state index contributed by atoms with van der Waals surface area (Å²) in [6, 6.07) is 6.23. The zero-order chi connectivity index (χ0) is 12.0. The highest BCUT2D eigenvalue weighted by Crippen LogP contribution is 2.11. The van der Waals surface area contributed by atoms with Crippen LogP contribution in [0.5, 0.6) is 0 Å². The topological polar surface area (TPSA) is 66.4 Å². The molecule has 0 saturated heterocycles. The number of nitrogens with one attached hydrogen (secondary N) is 1. The summed E-state index contributed by atoms with van der Waals surface area (Å²) in [5.41, 5.74) is 0.703. The molecule has 0 aromatic heterocycles. The van der Waals surface area contributed by atoms with Crippen LogP contribution < -0.4 is 5.32 Å². The van der Waals surface area contributed by atoms with Crippen molar-refractivity contribution >= 4 is 17.6 Å².